The first-order valence-corrected chi connectivity index (χ1v) is 6.71. The number of likely N-dealkylation sites (tertiary alicyclic amines) is 1. The molecule has 2 atom stereocenters. The fraction of sp³-hybridized carbons (Fsp3) is 1.00. The quantitative estimate of drug-likeness (QED) is 0.672. The Morgan fingerprint density at radius 2 is 2.29 bits per heavy atom. The van der Waals surface area contributed by atoms with Crippen LogP contribution in [-0.2, 0) is 4.74 Å². The van der Waals surface area contributed by atoms with Crippen molar-refractivity contribution in [1.29, 1.82) is 0 Å². The molecule has 0 aromatic heterocycles. The number of likely N-dealkylation sites (N-methyl/N-ethyl adjacent to an activating group) is 1. The summed E-state index contributed by atoms with van der Waals surface area (Å²) in [5, 5.41) is 3.47. The fourth-order valence-electron chi connectivity index (χ4n) is 2.52. The van der Waals surface area contributed by atoms with E-state index in [1.165, 1.54) is 26.1 Å². The zero-order valence-corrected chi connectivity index (χ0v) is 11.9. The molecular formula is C13H29N3O. The van der Waals surface area contributed by atoms with Crippen LogP contribution in [0, 0.1) is 5.92 Å². The van der Waals surface area contributed by atoms with Gasteiger partial charge in [0, 0.05) is 39.3 Å². The number of nitrogens with zero attached hydrogens (tertiary/aromatic N) is 2. The largest absolute Gasteiger partial charge is 0.383 e. The van der Waals surface area contributed by atoms with Crippen LogP contribution in [0.2, 0.25) is 0 Å². The van der Waals surface area contributed by atoms with Crippen LogP contribution in [0.25, 0.3) is 0 Å². The van der Waals surface area contributed by atoms with E-state index in [2.05, 4.69) is 36.1 Å². The van der Waals surface area contributed by atoms with E-state index in [1.807, 2.05) is 0 Å². The Morgan fingerprint density at radius 1 is 1.53 bits per heavy atom. The number of methoxy groups -OCH3 is 1. The van der Waals surface area contributed by atoms with Crippen molar-refractivity contribution in [3.63, 3.8) is 0 Å². The van der Waals surface area contributed by atoms with Gasteiger partial charge in [0.05, 0.1) is 6.61 Å². The van der Waals surface area contributed by atoms with E-state index in [4.69, 9.17) is 4.74 Å². The van der Waals surface area contributed by atoms with E-state index in [9.17, 15) is 0 Å². The first-order valence-electron chi connectivity index (χ1n) is 6.71. The molecular weight excluding hydrogens is 214 g/mol. The molecule has 0 amide bonds. The van der Waals surface area contributed by atoms with E-state index < -0.39 is 0 Å². The van der Waals surface area contributed by atoms with Crippen molar-refractivity contribution >= 4 is 0 Å². The first-order chi connectivity index (χ1) is 8.11. The molecule has 1 aliphatic rings. The normalized spacial score (nSPS) is 23.5. The van der Waals surface area contributed by atoms with Gasteiger partial charge in [0.15, 0.2) is 0 Å². The van der Waals surface area contributed by atoms with Crippen LogP contribution in [0.15, 0.2) is 0 Å². The molecule has 102 valence electrons. The van der Waals surface area contributed by atoms with E-state index in [0.717, 1.165) is 25.6 Å². The monoisotopic (exact) mass is 243 g/mol. The first kappa shape index (κ1) is 14.9. The molecule has 0 aromatic carbocycles. The van der Waals surface area contributed by atoms with Gasteiger partial charge in [0.1, 0.15) is 0 Å². The highest BCUT2D eigenvalue weighted by Gasteiger charge is 2.20. The highest BCUT2D eigenvalue weighted by atomic mass is 16.5. The lowest BCUT2D eigenvalue weighted by molar-refractivity contribution is 0.169. The Kier molecular flexibility index (Phi) is 7.04. The molecule has 1 aliphatic heterocycles. The summed E-state index contributed by atoms with van der Waals surface area (Å²) in [6.45, 7) is 8.87. The van der Waals surface area contributed by atoms with Gasteiger partial charge in [-0.2, -0.15) is 0 Å². The average molecular weight is 243 g/mol. The molecule has 0 bridgehead atoms. The summed E-state index contributed by atoms with van der Waals surface area (Å²) >= 11 is 0. The standard InChI is InChI=1S/C13H29N3O/c1-12(11-17-4)14-6-8-16(3)10-13-5-7-15(2)9-13/h12-14H,5-11H2,1-4H3. The third-order valence-electron chi connectivity index (χ3n) is 3.46. The predicted molar refractivity (Wildman–Crippen MR) is 72.4 cm³/mol. The van der Waals surface area contributed by atoms with Gasteiger partial charge in [-0.15, -0.1) is 0 Å². The van der Waals surface area contributed by atoms with Crippen LogP contribution >= 0.6 is 0 Å². The Bertz CT molecular complexity index is 201. The van der Waals surface area contributed by atoms with E-state index >= 15 is 0 Å². The molecule has 2 unspecified atom stereocenters. The minimum atomic E-state index is 0.450. The van der Waals surface area contributed by atoms with Gasteiger partial charge in [-0.1, -0.05) is 0 Å². The topological polar surface area (TPSA) is 27.7 Å². The molecule has 0 aliphatic carbocycles. The molecule has 1 N–H and O–H groups in total. The highest BCUT2D eigenvalue weighted by molar-refractivity contribution is 4.75. The van der Waals surface area contributed by atoms with Crippen molar-refractivity contribution in [3.8, 4) is 0 Å². The van der Waals surface area contributed by atoms with Gasteiger partial charge in [0.2, 0.25) is 0 Å². The van der Waals surface area contributed by atoms with Crippen LogP contribution in [0.1, 0.15) is 13.3 Å². The maximum atomic E-state index is 5.10. The molecule has 4 heteroatoms. The molecule has 0 aromatic rings. The molecule has 1 saturated heterocycles. The maximum absolute atomic E-state index is 5.10. The van der Waals surface area contributed by atoms with Crippen molar-refractivity contribution < 1.29 is 4.74 Å². The summed E-state index contributed by atoms with van der Waals surface area (Å²) in [5.74, 6) is 0.862. The smallest absolute Gasteiger partial charge is 0.0613 e. The van der Waals surface area contributed by atoms with Crippen molar-refractivity contribution in [2.45, 2.75) is 19.4 Å². The zero-order valence-electron chi connectivity index (χ0n) is 11.9. The average Bonchev–Trinajstić information content (AvgIpc) is 2.64. The summed E-state index contributed by atoms with van der Waals surface area (Å²) in [7, 11) is 6.19. The Hall–Kier alpha value is -0.160. The molecule has 1 fully saturated rings. The molecule has 1 heterocycles. The lowest BCUT2D eigenvalue weighted by Gasteiger charge is -2.22. The molecule has 0 spiro atoms. The summed E-state index contributed by atoms with van der Waals surface area (Å²) in [4.78, 5) is 4.87. The Morgan fingerprint density at radius 3 is 2.88 bits per heavy atom. The van der Waals surface area contributed by atoms with Gasteiger partial charge in [-0.25, -0.2) is 0 Å². The van der Waals surface area contributed by atoms with Crippen molar-refractivity contribution in [1.82, 2.24) is 15.1 Å². The Balaban J connectivity index is 2.03. The SMILES string of the molecule is COCC(C)NCCN(C)CC1CCN(C)C1. The van der Waals surface area contributed by atoms with E-state index in [0.29, 0.717) is 6.04 Å². The molecule has 1 rings (SSSR count). The van der Waals surface area contributed by atoms with Crippen LogP contribution in [0.3, 0.4) is 0 Å². The van der Waals surface area contributed by atoms with E-state index in [-0.39, 0.29) is 0 Å². The molecule has 17 heavy (non-hydrogen) atoms. The highest BCUT2D eigenvalue weighted by Crippen LogP contribution is 2.14. The lowest BCUT2D eigenvalue weighted by atomic mass is 10.1. The molecule has 0 radical (unpaired) electrons. The van der Waals surface area contributed by atoms with Crippen molar-refractivity contribution in [2.75, 3.05) is 60.5 Å². The van der Waals surface area contributed by atoms with Crippen LogP contribution in [-0.4, -0.2) is 76.4 Å². The number of ether oxygens (including phenoxy) is 1. The minimum Gasteiger partial charge on any atom is -0.383 e. The number of hydrogen-bond donors (Lipinski definition) is 1. The number of nitrogens with one attached hydrogen (secondary N) is 1. The lowest BCUT2D eigenvalue weighted by Crippen LogP contribution is -2.38. The number of rotatable bonds is 8. The van der Waals surface area contributed by atoms with Crippen molar-refractivity contribution in [2.24, 2.45) is 5.92 Å². The Labute approximate surface area is 106 Å². The predicted octanol–water partition coefficient (Wildman–Crippen LogP) is 0.494. The van der Waals surface area contributed by atoms with Gasteiger partial charge in [-0.3, -0.25) is 0 Å². The second-order valence-electron chi connectivity index (χ2n) is 5.49. The molecule has 0 saturated carbocycles. The second-order valence-corrected chi connectivity index (χ2v) is 5.49. The van der Waals surface area contributed by atoms with E-state index in [1.54, 1.807) is 7.11 Å². The third kappa shape index (κ3) is 6.36. The minimum absolute atomic E-state index is 0.450. The number of hydrogen-bond acceptors (Lipinski definition) is 4. The second kappa shape index (κ2) is 8.03. The van der Waals surface area contributed by atoms with Gasteiger partial charge in [-0.05, 0) is 39.9 Å². The van der Waals surface area contributed by atoms with Gasteiger partial charge < -0.3 is 19.9 Å². The van der Waals surface area contributed by atoms with Crippen LogP contribution in [0.4, 0.5) is 0 Å². The summed E-state index contributed by atoms with van der Waals surface area (Å²) in [6.07, 6.45) is 1.36. The maximum Gasteiger partial charge on any atom is 0.0613 e. The zero-order chi connectivity index (χ0) is 12.7. The van der Waals surface area contributed by atoms with Crippen LogP contribution in [0.5, 0.6) is 0 Å². The van der Waals surface area contributed by atoms with Gasteiger partial charge >= 0.3 is 0 Å². The van der Waals surface area contributed by atoms with Gasteiger partial charge in [0.25, 0.3) is 0 Å². The third-order valence-corrected chi connectivity index (χ3v) is 3.46. The van der Waals surface area contributed by atoms with Crippen molar-refractivity contribution in [3.05, 3.63) is 0 Å². The summed E-state index contributed by atoms with van der Waals surface area (Å²) < 4.78 is 5.10. The summed E-state index contributed by atoms with van der Waals surface area (Å²) in [5.41, 5.74) is 0. The molecule has 4 nitrogen and oxygen atoms in total. The summed E-state index contributed by atoms with van der Waals surface area (Å²) in [6, 6.07) is 0.450. The van der Waals surface area contributed by atoms with Crippen LogP contribution < -0.4 is 5.32 Å². The fourth-order valence-corrected chi connectivity index (χ4v) is 2.52.